The number of rotatable bonds is 1. The zero-order valence-corrected chi connectivity index (χ0v) is 19.1. The van der Waals surface area contributed by atoms with Crippen LogP contribution in [0, 0.1) is 0 Å². The number of anilines is 3. The fourth-order valence-corrected chi connectivity index (χ4v) is 5.40. The number of benzene rings is 3. The fourth-order valence-electron chi connectivity index (χ4n) is 2.68. The third-order valence-corrected chi connectivity index (χ3v) is 6.48. The normalized spacial score (nSPS) is 11.5. The van der Waals surface area contributed by atoms with Crippen LogP contribution in [0.25, 0.3) is 0 Å². The summed E-state index contributed by atoms with van der Waals surface area (Å²) in [5.74, 6) is 0. The second kappa shape index (κ2) is 7.56. The Morgan fingerprint density at radius 3 is 1.55 bits per heavy atom. The Kier molecular flexibility index (Phi) is 5.99. The SMILES string of the molecule is [AlH2].[AlH2].c1ccc(N2c3cccc[c]3[Ge][c]3ccccc32)cc1. The van der Waals surface area contributed by atoms with Crippen molar-refractivity contribution in [2.75, 3.05) is 4.90 Å². The number of hydrogen-bond acceptors (Lipinski definition) is 1. The van der Waals surface area contributed by atoms with Crippen LogP contribution in [0.2, 0.25) is 0 Å². The Morgan fingerprint density at radius 2 is 1.00 bits per heavy atom. The summed E-state index contributed by atoms with van der Waals surface area (Å²) < 4.78 is 3.02. The topological polar surface area (TPSA) is 3.24 Å². The minimum atomic E-state index is -0.235. The van der Waals surface area contributed by atoms with E-state index in [-0.39, 0.29) is 50.2 Å². The zero-order chi connectivity index (χ0) is 13.4. The molecule has 104 valence electrons. The molecule has 1 heterocycles. The van der Waals surface area contributed by atoms with Crippen molar-refractivity contribution in [2.45, 2.75) is 0 Å². The van der Waals surface area contributed by atoms with E-state index in [9.17, 15) is 0 Å². The predicted octanol–water partition coefficient (Wildman–Crippen LogP) is 1.29. The summed E-state index contributed by atoms with van der Waals surface area (Å²) in [6.45, 7) is 0. The first-order chi connectivity index (χ1) is 9.93. The van der Waals surface area contributed by atoms with E-state index in [1.54, 1.807) is 0 Å². The summed E-state index contributed by atoms with van der Waals surface area (Å²) >= 11 is -0.235. The van der Waals surface area contributed by atoms with Crippen molar-refractivity contribution in [1.82, 2.24) is 0 Å². The summed E-state index contributed by atoms with van der Waals surface area (Å²) in [5.41, 5.74) is 3.92. The quantitative estimate of drug-likeness (QED) is 0.454. The van der Waals surface area contributed by atoms with Crippen molar-refractivity contribution >= 4 is 76.0 Å². The van der Waals surface area contributed by atoms with Crippen molar-refractivity contribution in [1.29, 1.82) is 0 Å². The van der Waals surface area contributed by atoms with Crippen molar-refractivity contribution in [3.05, 3.63) is 78.9 Å². The van der Waals surface area contributed by atoms with Crippen LogP contribution in [0.1, 0.15) is 0 Å². The third kappa shape index (κ3) is 3.06. The first-order valence-corrected chi connectivity index (χ1v) is 8.83. The van der Waals surface area contributed by atoms with E-state index in [0.29, 0.717) is 0 Å². The van der Waals surface area contributed by atoms with Gasteiger partial charge < -0.3 is 0 Å². The van der Waals surface area contributed by atoms with Gasteiger partial charge in [-0.25, -0.2) is 0 Å². The van der Waals surface area contributed by atoms with Gasteiger partial charge in [0.05, 0.1) is 0 Å². The monoisotopic (exact) mass is 375 g/mol. The first-order valence-electron chi connectivity index (χ1n) is 6.74. The van der Waals surface area contributed by atoms with E-state index < -0.39 is 0 Å². The van der Waals surface area contributed by atoms with Gasteiger partial charge in [-0.2, -0.15) is 0 Å². The van der Waals surface area contributed by atoms with Gasteiger partial charge in [0.25, 0.3) is 0 Å². The van der Waals surface area contributed by atoms with E-state index in [2.05, 4.69) is 83.8 Å². The number of para-hydroxylation sites is 3. The average molecular weight is 374 g/mol. The molecule has 0 bridgehead atoms. The molecule has 0 aliphatic carbocycles. The summed E-state index contributed by atoms with van der Waals surface area (Å²) in [4.78, 5) is 2.39. The Morgan fingerprint density at radius 1 is 0.545 bits per heavy atom. The van der Waals surface area contributed by atoms with Gasteiger partial charge in [-0.05, 0) is 0 Å². The van der Waals surface area contributed by atoms with Crippen LogP contribution in [0.4, 0.5) is 17.1 Å². The number of fused-ring (bicyclic) bond motifs is 2. The molecule has 0 saturated heterocycles. The average Bonchev–Trinajstić information content (AvgIpc) is 2.53. The zero-order valence-electron chi connectivity index (χ0n) is 13.0. The van der Waals surface area contributed by atoms with Crippen molar-refractivity contribution in [3.63, 3.8) is 0 Å². The molecule has 1 nitrogen and oxygen atoms in total. The van der Waals surface area contributed by atoms with E-state index in [1.165, 1.54) is 25.9 Å². The molecule has 3 aromatic rings. The molecule has 3 aromatic carbocycles. The van der Waals surface area contributed by atoms with Gasteiger partial charge in [-0.15, -0.1) is 0 Å². The van der Waals surface area contributed by atoms with E-state index in [4.69, 9.17) is 0 Å². The molecule has 0 saturated carbocycles. The Bertz CT molecular complexity index is 716. The van der Waals surface area contributed by atoms with Crippen molar-refractivity contribution in [2.24, 2.45) is 0 Å². The molecule has 0 N–H and O–H groups in total. The molecule has 1 aliphatic rings. The van der Waals surface area contributed by atoms with Gasteiger partial charge in [0.2, 0.25) is 0 Å². The molecule has 0 amide bonds. The van der Waals surface area contributed by atoms with Crippen molar-refractivity contribution in [3.8, 4) is 0 Å². The summed E-state index contributed by atoms with van der Waals surface area (Å²) in [6, 6.07) is 28.2. The number of hydrogen-bond donors (Lipinski definition) is 0. The molecule has 4 radical (unpaired) electrons. The van der Waals surface area contributed by atoms with Gasteiger partial charge in [0.15, 0.2) is 0 Å². The molecule has 0 fully saturated rings. The van der Waals surface area contributed by atoms with E-state index in [1.807, 2.05) is 0 Å². The number of nitrogens with zero attached hydrogens (tertiary/aromatic N) is 1. The second-order valence-corrected chi connectivity index (χ2v) is 7.62. The molecule has 0 atom stereocenters. The third-order valence-electron chi connectivity index (χ3n) is 3.57. The van der Waals surface area contributed by atoms with Crippen molar-refractivity contribution < 1.29 is 0 Å². The summed E-state index contributed by atoms with van der Waals surface area (Å²) in [6.07, 6.45) is 0. The Labute approximate surface area is 159 Å². The molecule has 4 rings (SSSR count). The van der Waals surface area contributed by atoms with Crippen LogP contribution in [-0.4, -0.2) is 50.2 Å². The van der Waals surface area contributed by atoms with Crippen LogP contribution in [-0.2, 0) is 0 Å². The maximum atomic E-state index is 2.39. The molecular formula is C18H17Al2GeN. The minimum absolute atomic E-state index is 0. The first kappa shape index (κ1) is 17.4. The van der Waals surface area contributed by atoms with Crippen LogP contribution in [0.15, 0.2) is 78.9 Å². The van der Waals surface area contributed by atoms with Gasteiger partial charge >= 0.3 is 125 Å². The van der Waals surface area contributed by atoms with Crippen LogP contribution >= 0.6 is 0 Å². The predicted molar refractivity (Wildman–Crippen MR) is 103 cm³/mol. The van der Waals surface area contributed by atoms with Gasteiger partial charge in [0, 0.05) is 0 Å². The van der Waals surface area contributed by atoms with Crippen LogP contribution in [0.3, 0.4) is 0 Å². The maximum absolute atomic E-state index is 2.39. The Hall–Kier alpha value is -0.932. The summed E-state index contributed by atoms with van der Waals surface area (Å²) in [7, 11) is 0. The van der Waals surface area contributed by atoms with Crippen LogP contribution < -0.4 is 13.7 Å². The van der Waals surface area contributed by atoms with Crippen LogP contribution in [0.5, 0.6) is 0 Å². The summed E-state index contributed by atoms with van der Waals surface area (Å²) in [5, 5.41) is 0. The van der Waals surface area contributed by atoms with Gasteiger partial charge in [-0.1, -0.05) is 0 Å². The molecule has 0 aromatic heterocycles. The molecule has 0 unspecified atom stereocenters. The fraction of sp³-hybridized carbons (Fsp3) is 0. The Balaban J connectivity index is 0.000000882. The molecule has 22 heavy (non-hydrogen) atoms. The molecule has 4 heteroatoms. The standard InChI is InChI=1S/C18H13GeN.2Al.4H/c1-2-8-14(9-3-1)20-17-12-6-4-10-15(17)19-16-11-5-7-13-18(16)20;;;;;;/h1-13H;;;;;;. The molecule has 0 spiro atoms. The van der Waals surface area contributed by atoms with E-state index >= 15 is 0 Å². The molecular weight excluding hydrogens is 357 g/mol. The van der Waals surface area contributed by atoms with E-state index in [0.717, 1.165) is 0 Å². The van der Waals surface area contributed by atoms with Gasteiger partial charge in [-0.3, -0.25) is 0 Å². The molecule has 1 aliphatic heterocycles. The second-order valence-electron chi connectivity index (χ2n) is 4.83. The van der Waals surface area contributed by atoms with Gasteiger partial charge in [0.1, 0.15) is 34.7 Å².